The molecule has 0 radical (unpaired) electrons. The van der Waals surface area contributed by atoms with E-state index >= 15 is 0 Å². The largest absolute Gasteiger partial charge is 0.401 e. The van der Waals surface area contributed by atoms with E-state index in [0.717, 1.165) is 32.1 Å². The lowest BCUT2D eigenvalue weighted by atomic mass is 9.74. The highest BCUT2D eigenvalue weighted by Gasteiger charge is 2.36. The number of halogens is 3. The number of hydrogen-bond acceptors (Lipinski definition) is 2. The summed E-state index contributed by atoms with van der Waals surface area (Å²) in [7, 11) is 1.47. The van der Waals surface area contributed by atoms with Gasteiger partial charge in [-0.25, -0.2) is 0 Å². The third-order valence-corrected chi connectivity index (χ3v) is 3.30. The molecule has 1 aliphatic carbocycles. The van der Waals surface area contributed by atoms with E-state index in [4.69, 9.17) is 0 Å². The van der Waals surface area contributed by atoms with Crippen molar-refractivity contribution in [3.63, 3.8) is 0 Å². The molecule has 1 N–H and O–H groups in total. The Bertz CT molecular complexity index is 212. The molecule has 16 heavy (non-hydrogen) atoms. The Morgan fingerprint density at radius 1 is 1.19 bits per heavy atom. The summed E-state index contributed by atoms with van der Waals surface area (Å²) in [4.78, 5) is 1.28. The molecule has 0 aromatic carbocycles. The van der Waals surface area contributed by atoms with Gasteiger partial charge in [0.05, 0.1) is 6.54 Å². The lowest BCUT2D eigenvalue weighted by Gasteiger charge is -2.38. The van der Waals surface area contributed by atoms with Gasteiger partial charge in [0.1, 0.15) is 0 Å². The Hall–Kier alpha value is -0.290. The van der Waals surface area contributed by atoms with Gasteiger partial charge in [0.2, 0.25) is 0 Å². The minimum Gasteiger partial charge on any atom is -0.396 e. The van der Waals surface area contributed by atoms with Crippen molar-refractivity contribution in [1.82, 2.24) is 4.90 Å². The number of alkyl halides is 3. The standard InChI is InChI=1S/C11H20F3NO/c1-15(8-11(12,13)14)7-10(9-16)5-3-2-4-6-10/h16H,2-9H2,1H3. The third-order valence-electron chi connectivity index (χ3n) is 3.30. The van der Waals surface area contributed by atoms with E-state index in [1.54, 1.807) is 0 Å². The van der Waals surface area contributed by atoms with Gasteiger partial charge in [-0.05, 0) is 19.9 Å². The lowest BCUT2D eigenvalue weighted by Crippen LogP contribution is -2.43. The molecule has 0 unspecified atom stereocenters. The van der Waals surface area contributed by atoms with Gasteiger partial charge in [-0.1, -0.05) is 19.3 Å². The Morgan fingerprint density at radius 3 is 2.19 bits per heavy atom. The molecule has 2 nitrogen and oxygen atoms in total. The molecular weight excluding hydrogens is 219 g/mol. The topological polar surface area (TPSA) is 23.5 Å². The van der Waals surface area contributed by atoms with Crippen LogP contribution in [0.1, 0.15) is 32.1 Å². The van der Waals surface area contributed by atoms with Crippen molar-refractivity contribution in [1.29, 1.82) is 0 Å². The number of nitrogens with zero attached hydrogens (tertiary/aromatic N) is 1. The van der Waals surface area contributed by atoms with Crippen LogP contribution in [0.2, 0.25) is 0 Å². The highest BCUT2D eigenvalue weighted by atomic mass is 19.4. The SMILES string of the molecule is CN(CC(F)(F)F)CC1(CO)CCCCC1. The predicted octanol–water partition coefficient (Wildman–Crippen LogP) is 2.42. The maximum Gasteiger partial charge on any atom is 0.401 e. The van der Waals surface area contributed by atoms with Crippen molar-refractivity contribution >= 4 is 0 Å². The van der Waals surface area contributed by atoms with E-state index in [1.807, 2.05) is 0 Å². The fourth-order valence-electron chi connectivity index (χ4n) is 2.60. The minimum absolute atomic E-state index is 0.00476. The number of rotatable bonds is 4. The molecular formula is C11H20F3NO. The van der Waals surface area contributed by atoms with Crippen molar-refractivity contribution in [2.24, 2.45) is 5.41 Å². The van der Waals surface area contributed by atoms with Crippen LogP contribution in [0.15, 0.2) is 0 Å². The maximum atomic E-state index is 12.2. The molecule has 1 saturated carbocycles. The zero-order chi connectivity index (χ0) is 12.2. The Labute approximate surface area is 94.4 Å². The van der Waals surface area contributed by atoms with Gasteiger partial charge in [-0.2, -0.15) is 13.2 Å². The van der Waals surface area contributed by atoms with Gasteiger partial charge in [-0.15, -0.1) is 0 Å². The summed E-state index contributed by atoms with van der Waals surface area (Å²) in [5, 5.41) is 9.38. The van der Waals surface area contributed by atoms with Crippen molar-refractivity contribution in [3.05, 3.63) is 0 Å². The van der Waals surface area contributed by atoms with Gasteiger partial charge < -0.3 is 5.11 Å². The molecule has 0 aliphatic heterocycles. The highest BCUT2D eigenvalue weighted by molar-refractivity contribution is 4.85. The van der Waals surface area contributed by atoms with Crippen LogP contribution in [-0.4, -0.2) is 42.9 Å². The van der Waals surface area contributed by atoms with Crippen molar-refractivity contribution in [3.8, 4) is 0 Å². The zero-order valence-corrected chi connectivity index (χ0v) is 9.69. The first kappa shape index (κ1) is 13.8. The van der Waals surface area contributed by atoms with Gasteiger partial charge in [0.25, 0.3) is 0 Å². The van der Waals surface area contributed by atoms with Crippen LogP contribution in [0, 0.1) is 5.41 Å². The van der Waals surface area contributed by atoms with Crippen LogP contribution in [-0.2, 0) is 0 Å². The molecule has 96 valence electrons. The summed E-state index contributed by atoms with van der Waals surface area (Å²) in [6.07, 6.45) is 0.684. The molecule has 0 aromatic rings. The van der Waals surface area contributed by atoms with Crippen LogP contribution in [0.3, 0.4) is 0 Å². The second-order valence-electron chi connectivity index (χ2n) is 5.01. The number of aliphatic hydroxyl groups is 1. The first-order chi connectivity index (χ1) is 7.37. The van der Waals surface area contributed by atoms with Crippen molar-refractivity contribution in [2.45, 2.75) is 38.3 Å². The predicted molar refractivity (Wildman–Crippen MR) is 56.2 cm³/mol. The summed E-state index contributed by atoms with van der Waals surface area (Å²) in [6, 6.07) is 0. The van der Waals surface area contributed by atoms with Crippen LogP contribution in [0.4, 0.5) is 13.2 Å². The summed E-state index contributed by atoms with van der Waals surface area (Å²) in [5.41, 5.74) is -0.307. The summed E-state index contributed by atoms with van der Waals surface area (Å²) in [5.74, 6) is 0. The summed E-state index contributed by atoms with van der Waals surface area (Å²) in [6.45, 7) is -0.563. The molecule has 0 heterocycles. The molecule has 0 aromatic heterocycles. The van der Waals surface area contributed by atoms with Crippen molar-refractivity contribution < 1.29 is 18.3 Å². The van der Waals surface area contributed by atoms with Crippen LogP contribution in [0.25, 0.3) is 0 Å². The average molecular weight is 239 g/mol. The smallest absolute Gasteiger partial charge is 0.396 e. The monoisotopic (exact) mass is 239 g/mol. The van der Waals surface area contributed by atoms with Gasteiger partial charge in [0.15, 0.2) is 0 Å². The van der Waals surface area contributed by atoms with E-state index in [1.165, 1.54) is 11.9 Å². The second kappa shape index (κ2) is 5.36. The molecule has 5 heteroatoms. The van der Waals surface area contributed by atoms with Gasteiger partial charge in [-0.3, -0.25) is 4.90 Å². The molecule has 1 aliphatic rings. The first-order valence-corrected chi connectivity index (χ1v) is 5.73. The normalized spacial score (nSPS) is 21.4. The second-order valence-corrected chi connectivity index (χ2v) is 5.01. The summed E-state index contributed by atoms with van der Waals surface area (Å²) < 4.78 is 36.6. The van der Waals surface area contributed by atoms with E-state index in [2.05, 4.69) is 0 Å². The molecule has 0 bridgehead atoms. The Kier molecular flexibility index (Phi) is 4.62. The molecule has 0 spiro atoms. The minimum atomic E-state index is -4.15. The van der Waals surface area contributed by atoms with E-state index in [9.17, 15) is 18.3 Å². The average Bonchev–Trinajstić information content (AvgIpc) is 2.16. The van der Waals surface area contributed by atoms with Gasteiger partial charge >= 0.3 is 6.18 Å². The number of aliphatic hydroxyl groups excluding tert-OH is 1. The zero-order valence-electron chi connectivity index (χ0n) is 9.69. The summed E-state index contributed by atoms with van der Waals surface area (Å²) >= 11 is 0. The van der Waals surface area contributed by atoms with Crippen LogP contribution < -0.4 is 0 Å². The Balaban J connectivity index is 2.48. The van der Waals surface area contributed by atoms with Gasteiger partial charge in [0, 0.05) is 18.6 Å². The quantitative estimate of drug-likeness (QED) is 0.814. The van der Waals surface area contributed by atoms with Crippen LogP contribution >= 0.6 is 0 Å². The molecule has 0 atom stereocenters. The molecule has 0 saturated heterocycles. The maximum absolute atomic E-state index is 12.2. The third kappa shape index (κ3) is 4.29. The lowest BCUT2D eigenvalue weighted by molar-refractivity contribution is -0.147. The van der Waals surface area contributed by atoms with Crippen molar-refractivity contribution in [2.75, 3.05) is 26.7 Å². The fraction of sp³-hybridized carbons (Fsp3) is 1.00. The fourth-order valence-corrected chi connectivity index (χ4v) is 2.60. The molecule has 1 rings (SSSR count). The highest BCUT2D eigenvalue weighted by Crippen LogP contribution is 2.36. The number of hydrogen-bond donors (Lipinski definition) is 1. The van der Waals surface area contributed by atoms with E-state index in [0.29, 0.717) is 6.54 Å². The Morgan fingerprint density at radius 2 is 1.75 bits per heavy atom. The molecule has 0 amide bonds. The van der Waals surface area contributed by atoms with Crippen LogP contribution in [0.5, 0.6) is 0 Å². The van der Waals surface area contributed by atoms with E-state index < -0.39 is 12.7 Å². The first-order valence-electron chi connectivity index (χ1n) is 5.73. The molecule has 1 fully saturated rings. The van der Waals surface area contributed by atoms with E-state index in [-0.39, 0.29) is 12.0 Å².